The summed E-state index contributed by atoms with van der Waals surface area (Å²) in [5.74, 6) is 3.72. The van der Waals surface area contributed by atoms with Crippen molar-refractivity contribution >= 4 is 29.9 Å². The summed E-state index contributed by atoms with van der Waals surface area (Å²) in [5.41, 5.74) is 1.46. The fourth-order valence-electron chi connectivity index (χ4n) is 5.43. The minimum atomic E-state index is 0. The van der Waals surface area contributed by atoms with Crippen LogP contribution in [-0.4, -0.2) is 57.9 Å². The molecule has 2 aliphatic heterocycles. The van der Waals surface area contributed by atoms with Gasteiger partial charge < -0.3 is 19.7 Å². The number of guanidine groups is 1. The minimum absolute atomic E-state index is 0. The average molecular weight is 513 g/mol. The molecule has 3 fully saturated rings. The van der Waals surface area contributed by atoms with Crippen molar-refractivity contribution in [1.29, 1.82) is 0 Å². The number of rotatable bonds is 4. The molecule has 1 saturated carbocycles. The Labute approximate surface area is 192 Å². The average Bonchev–Trinajstić information content (AvgIpc) is 3.19. The molecule has 1 aromatic rings. The number of fused-ring (bicyclic) bond motifs is 1. The number of methoxy groups -OCH3 is 1. The maximum Gasteiger partial charge on any atom is 0.193 e. The van der Waals surface area contributed by atoms with E-state index in [2.05, 4.69) is 39.5 Å². The van der Waals surface area contributed by atoms with Crippen LogP contribution in [0.4, 0.5) is 0 Å². The molecule has 0 spiro atoms. The lowest BCUT2D eigenvalue weighted by molar-refractivity contribution is 0.0512. The molecule has 4 rings (SSSR count). The van der Waals surface area contributed by atoms with E-state index in [1.54, 1.807) is 7.11 Å². The van der Waals surface area contributed by atoms with E-state index in [1.807, 2.05) is 7.05 Å². The fraction of sp³-hybridized carbons (Fsp3) is 0.696. The lowest BCUT2D eigenvalue weighted by atomic mass is 9.74. The van der Waals surface area contributed by atoms with Crippen LogP contribution < -0.4 is 10.1 Å². The van der Waals surface area contributed by atoms with E-state index in [0.717, 1.165) is 56.1 Å². The van der Waals surface area contributed by atoms with Gasteiger partial charge in [-0.05, 0) is 55.2 Å². The summed E-state index contributed by atoms with van der Waals surface area (Å²) in [4.78, 5) is 7.15. The Bertz CT molecular complexity index is 659. The molecule has 0 radical (unpaired) electrons. The lowest BCUT2D eigenvalue weighted by Gasteiger charge is -2.39. The van der Waals surface area contributed by atoms with E-state index < -0.39 is 0 Å². The second kappa shape index (κ2) is 10.3. The summed E-state index contributed by atoms with van der Waals surface area (Å²) in [7, 11) is 3.65. The van der Waals surface area contributed by atoms with Gasteiger partial charge in [0.2, 0.25) is 0 Å². The molecule has 0 aromatic heterocycles. The first kappa shape index (κ1) is 22.7. The van der Waals surface area contributed by atoms with E-state index in [9.17, 15) is 0 Å². The summed E-state index contributed by atoms with van der Waals surface area (Å²) >= 11 is 0. The maximum atomic E-state index is 5.70. The fourth-order valence-corrected chi connectivity index (χ4v) is 5.43. The predicted octanol–water partition coefficient (Wildman–Crippen LogP) is 4.06. The molecule has 5 nitrogen and oxygen atoms in total. The number of aliphatic imine (C=N–C) groups is 1. The lowest BCUT2D eigenvalue weighted by Crippen LogP contribution is -2.49. The minimum Gasteiger partial charge on any atom is -0.497 e. The van der Waals surface area contributed by atoms with Crippen LogP contribution in [0.1, 0.15) is 44.1 Å². The number of hydrogen-bond donors (Lipinski definition) is 1. The van der Waals surface area contributed by atoms with E-state index in [0.29, 0.717) is 0 Å². The van der Waals surface area contributed by atoms with E-state index >= 15 is 0 Å². The van der Waals surface area contributed by atoms with Crippen LogP contribution in [-0.2, 0) is 10.2 Å². The normalized spacial score (nSPS) is 26.4. The molecule has 29 heavy (non-hydrogen) atoms. The third-order valence-electron chi connectivity index (χ3n) is 7.22. The third kappa shape index (κ3) is 5.01. The van der Waals surface area contributed by atoms with Crippen molar-refractivity contribution in [3.63, 3.8) is 0 Å². The molecule has 0 bridgehead atoms. The highest BCUT2D eigenvalue weighted by molar-refractivity contribution is 14.0. The molecule has 6 heteroatoms. The molecular weight excluding hydrogens is 477 g/mol. The highest BCUT2D eigenvalue weighted by Gasteiger charge is 2.38. The molecule has 2 atom stereocenters. The van der Waals surface area contributed by atoms with Crippen molar-refractivity contribution < 1.29 is 9.47 Å². The highest BCUT2D eigenvalue weighted by atomic mass is 127. The monoisotopic (exact) mass is 513 g/mol. The zero-order valence-corrected chi connectivity index (χ0v) is 20.2. The number of nitrogens with zero attached hydrogens (tertiary/aromatic N) is 2. The van der Waals surface area contributed by atoms with Crippen LogP contribution in [0.3, 0.4) is 0 Å². The Morgan fingerprint density at radius 1 is 1.14 bits per heavy atom. The predicted molar refractivity (Wildman–Crippen MR) is 129 cm³/mol. The van der Waals surface area contributed by atoms with Crippen molar-refractivity contribution in [2.24, 2.45) is 16.8 Å². The summed E-state index contributed by atoms with van der Waals surface area (Å²) in [5, 5.41) is 3.75. The van der Waals surface area contributed by atoms with Gasteiger partial charge in [-0.1, -0.05) is 25.0 Å². The first-order valence-electron chi connectivity index (χ1n) is 10.9. The highest BCUT2D eigenvalue weighted by Crippen LogP contribution is 2.37. The van der Waals surface area contributed by atoms with Gasteiger partial charge in [0.1, 0.15) is 5.75 Å². The Morgan fingerprint density at radius 3 is 2.31 bits per heavy atom. The van der Waals surface area contributed by atoms with Crippen molar-refractivity contribution in [2.45, 2.75) is 43.9 Å². The van der Waals surface area contributed by atoms with E-state index in [1.165, 1.54) is 44.3 Å². The Kier molecular flexibility index (Phi) is 8.07. The van der Waals surface area contributed by atoms with Gasteiger partial charge >= 0.3 is 0 Å². The molecule has 3 aliphatic rings. The van der Waals surface area contributed by atoms with Gasteiger partial charge in [-0.15, -0.1) is 24.0 Å². The molecule has 1 N–H and O–H groups in total. The molecule has 2 unspecified atom stereocenters. The van der Waals surface area contributed by atoms with Gasteiger partial charge in [-0.2, -0.15) is 0 Å². The zero-order valence-electron chi connectivity index (χ0n) is 17.9. The smallest absolute Gasteiger partial charge is 0.193 e. The Morgan fingerprint density at radius 2 is 1.76 bits per heavy atom. The molecular formula is C23H36IN3O2. The number of halogens is 1. The molecule has 2 saturated heterocycles. The molecule has 1 aliphatic carbocycles. The number of likely N-dealkylation sites (tertiary alicyclic amines) is 1. The standard InChI is InChI=1S/C23H35N3O2.HI/c1-24-22(26-15-18-5-3-4-6-19(18)16-26)25-17-23(11-13-28-14-12-23)20-7-9-21(27-2)10-8-20;/h7-10,18-19H,3-6,11-17H2,1-2H3,(H,24,25);1H. The second-order valence-electron chi connectivity index (χ2n) is 8.73. The largest absolute Gasteiger partial charge is 0.497 e. The number of benzene rings is 1. The maximum absolute atomic E-state index is 5.70. The number of nitrogens with one attached hydrogen (secondary N) is 1. The van der Waals surface area contributed by atoms with Crippen LogP contribution in [0.25, 0.3) is 0 Å². The summed E-state index contributed by atoms with van der Waals surface area (Å²) in [6.07, 6.45) is 7.67. The van der Waals surface area contributed by atoms with Crippen LogP contribution in [0.5, 0.6) is 5.75 Å². The Balaban J connectivity index is 0.00000240. The van der Waals surface area contributed by atoms with Gasteiger partial charge in [0, 0.05) is 45.3 Å². The van der Waals surface area contributed by atoms with Gasteiger partial charge in [0.05, 0.1) is 7.11 Å². The first-order valence-corrected chi connectivity index (χ1v) is 10.9. The molecule has 1 aromatic carbocycles. The van der Waals surface area contributed by atoms with Gasteiger partial charge in [0.15, 0.2) is 5.96 Å². The molecule has 0 amide bonds. The topological polar surface area (TPSA) is 46.1 Å². The van der Waals surface area contributed by atoms with E-state index in [-0.39, 0.29) is 29.4 Å². The second-order valence-corrected chi connectivity index (χ2v) is 8.73. The van der Waals surface area contributed by atoms with Crippen LogP contribution >= 0.6 is 24.0 Å². The van der Waals surface area contributed by atoms with Crippen molar-refractivity contribution in [3.05, 3.63) is 29.8 Å². The third-order valence-corrected chi connectivity index (χ3v) is 7.22. The Hall–Kier alpha value is -1.02. The summed E-state index contributed by atoms with van der Waals surface area (Å²) in [6.45, 7) is 4.88. The SMILES string of the molecule is CN=C(NCC1(c2ccc(OC)cc2)CCOCC1)N1CC2CCCCC2C1.I. The zero-order chi connectivity index (χ0) is 19.4. The summed E-state index contributed by atoms with van der Waals surface area (Å²) in [6, 6.07) is 8.59. The van der Waals surface area contributed by atoms with Gasteiger partial charge in [-0.25, -0.2) is 0 Å². The van der Waals surface area contributed by atoms with Crippen LogP contribution in [0.2, 0.25) is 0 Å². The van der Waals surface area contributed by atoms with Crippen molar-refractivity contribution in [3.8, 4) is 5.75 Å². The summed E-state index contributed by atoms with van der Waals surface area (Å²) < 4.78 is 11.0. The molecule has 2 heterocycles. The van der Waals surface area contributed by atoms with E-state index in [4.69, 9.17) is 9.47 Å². The first-order chi connectivity index (χ1) is 13.7. The van der Waals surface area contributed by atoms with Crippen molar-refractivity contribution in [2.75, 3.05) is 47.0 Å². The number of hydrogen-bond acceptors (Lipinski definition) is 3. The molecule has 162 valence electrons. The van der Waals surface area contributed by atoms with Crippen LogP contribution in [0, 0.1) is 11.8 Å². The van der Waals surface area contributed by atoms with Crippen molar-refractivity contribution in [1.82, 2.24) is 10.2 Å². The van der Waals surface area contributed by atoms with Crippen LogP contribution in [0.15, 0.2) is 29.3 Å². The number of ether oxygens (including phenoxy) is 2. The van der Waals surface area contributed by atoms with Gasteiger partial charge in [-0.3, -0.25) is 4.99 Å². The quantitative estimate of drug-likeness (QED) is 0.375. The van der Waals surface area contributed by atoms with Gasteiger partial charge in [0.25, 0.3) is 0 Å².